The van der Waals surface area contributed by atoms with Crippen molar-refractivity contribution in [1.82, 2.24) is 9.97 Å². The van der Waals surface area contributed by atoms with Gasteiger partial charge in [-0.2, -0.15) is 4.98 Å². The Kier molecular flexibility index (Phi) is 7.09. The standard InChI is InChI=1S/C25H24ClN5O3S/c1-16-13-22(34-3)23(15-21(16)26)35(32,33)31-20-11-9-19(10-12-20)29-25-27-17(2)14-24(30-25)28-18-7-5-4-6-8-18/h4-15,31H,1-3H3,(H2,27,28,29,30). The first-order valence-electron chi connectivity index (χ1n) is 10.7. The van der Waals surface area contributed by atoms with Crippen LogP contribution in [0.2, 0.25) is 5.02 Å². The Bertz CT molecular complexity index is 1450. The summed E-state index contributed by atoms with van der Waals surface area (Å²) in [5.74, 6) is 1.28. The highest BCUT2D eigenvalue weighted by molar-refractivity contribution is 7.92. The van der Waals surface area contributed by atoms with Crippen LogP contribution in [-0.2, 0) is 10.0 Å². The second-order valence-corrected chi connectivity index (χ2v) is 9.83. The summed E-state index contributed by atoms with van der Waals surface area (Å²) >= 11 is 6.14. The Morgan fingerprint density at radius 3 is 2.17 bits per heavy atom. The van der Waals surface area contributed by atoms with Gasteiger partial charge in [0.2, 0.25) is 5.95 Å². The summed E-state index contributed by atoms with van der Waals surface area (Å²) in [6.45, 7) is 3.66. The van der Waals surface area contributed by atoms with E-state index in [0.717, 1.165) is 16.9 Å². The molecule has 4 rings (SSSR count). The number of ether oxygens (including phenoxy) is 1. The fourth-order valence-electron chi connectivity index (χ4n) is 3.32. The van der Waals surface area contributed by atoms with Gasteiger partial charge in [0.25, 0.3) is 10.0 Å². The van der Waals surface area contributed by atoms with E-state index in [0.29, 0.717) is 28.2 Å². The Balaban J connectivity index is 1.50. The van der Waals surface area contributed by atoms with Crippen LogP contribution >= 0.6 is 11.6 Å². The molecule has 0 radical (unpaired) electrons. The molecular formula is C25H24ClN5O3S. The number of sulfonamides is 1. The van der Waals surface area contributed by atoms with Crippen molar-refractivity contribution in [1.29, 1.82) is 0 Å². The highest BCUT2D eigenvalue weighted by Crippen LogP contribution is 2.31. The van der Waals surface area contributed by atoms with Crippen LogP contribution in [0.3, 0.4) is 0 Å². The lowest BCUT2D eigenvalue weighted by Crippen LogP contribution is -2.14. The van der Waals surface area contributed by atoms with E-state index in [1.165, 1.54) is 13.2 Å². The Labute approximate surface area is 209 Å². The number of halogens is 1. The van der Waals surface area contributed by atoms with Crippen LogP contribution in [0.4, 0.5) is 28.8 Å². The first-order chi connectivity index (χ1) is 16.7. The molecule has 0 amide bonds. The van der Waals surface area contributed by atoms with Gasteiger partial charge in [0, 0.05) is 33.8 Å². The molecule has 0 fully saturated rings. The average molecular weight is 510 g/mol. The van der Waals surface area contributed by atoms with Crippen LogP contribution in [0.5, 0.6) is 5.75 Å². The fraction of sp³-hybridized carbons (Fsp3) is 0.120. The molecule has 3 N–H and O–H groups in total. The second-order valence-electron chi connectivity index (χ2n) is 7.77. The molecule has 10 heteroatoms. The van der Waals surface area contributed by atoms with E-state index in [1.54, 1.807) is 37.3 Å². The summed E-state index contributed by atoms with van der Waals surface area (Å²) in [4.78, 5) is 8.90. The first kappa shape index (κ1) is 24.3. The van der Waals surface area contributed by atoms with E-state index >= 15 is 0 Å². The van der Waals surface area contributed by atoms with E-state index in [9.17, 15) is 8.42 Å². The van der Waals surface area contributed by atoms with Crippen LogP contribution < -0.4 is 20.1 Å². The lowest BCUT2D eigenvalue weighted by Gasteiger charge is -2.14. The predicted molar refractivity (Wildman–Crippen MR) is 140 cm³/mol. The zero-order chi connectivity index (χ0) is 25.0. The highest BCUT2D eigenvalue weighted by atomic mass is 35.5. The number of nitrogens with one attached hydrogen (secondary N) is 3. The Morgan fingerprint density at radius 2 is 1.49 bits per heavy atom. The summed E-state index contributed by atoms with van der Waals surface area (Å²) in [5.41, 5.74) is 3.50. The summed E-state index contributed by atoms with van der Waals surface area (Å²) in [6, 6.07) is 21.3. The number of para-hydroxylation sites is 1. The van der Waals surface area contributed by atoms with Gasteiger partial charge in [-0.05, 0) is 67.9 Å². The van der Waals surface area contributed by atoms with Crippen LogP contribution in [-0.4, -0.2) is 25.5 Å². The van der Waals surface area contributed by atoms with Gasteiger partial charge in [-0.25, -0.2) is 13.4 Å². The maximum absolute atomic E-state index is 13.0. The third-order valence-corrected chi connectivity index (χ3v) is 6.84. The molecular weight excluding hydrogens is 486 g/mol. The molecule has 0 saturated carbocycles. The van der Waals surface area contributed by atoms with Gasteiger partial charge in [-0.3, -0.25) is 4.72 Å². The van der Waals surface area contributed by atoms with E-state index < -0.39 is 10.0 Å². The monoisotopic (exact) mass is 509 g/mol. The maximum atomic E-state index is 13.0. The molecule has 0 aliphatic heterocycles. The summed E-state index contributed by atoms with van der Waals surface area (Å²) in [7, 11) is -2.51. The zero-order valence-corrected chi connectivity index (χ0v) is 20.9. The van der Waals surface area contributed by atoms with Crippen molar-refractivity contribution in [2.75, 3.05) is 22.5 Å². The number of methoxy groups -OCH3 is 1. The van der Waals surface area contributed by atoms with E-state index in [4.69, 9.17) is 16.3 Å². The zero-order valence-electron chi connectivity index (χ0n) is 19.3. The van der Waals surface area contributed by atoms with Crippen LogP contribution in [0.15, 0.2) is 77.7 Å². The molecule has 0 bridgehead atoms. The minimum atomic E-state index is -3.92. The van der Waals surface area contributed by atoms with Crippen molar-refractivity contribution in [2.45, 2.75) is 18.7 Å². The van der Waals surface area contributed by atoms with Gasteiger partial charge in [0.05, 0.1) is 7.11 Å². The highest BCUT2D eigenvalue weighted by Gasteiger charge is 2.21. The third-order valence-electron chi connectivity index (χ3n) is 5.03. The number of aryl methyl sites for hydroxylation is 2. The normalized spacial score (nSPS) is 11.1. The number of hydrogen-bond donors (Lipinski definition) is 3. The molecule has 8 nitrogen and oxygen atoms in total. The van der Waals surface area contributed by atoms with Crippen molar-refractivity contribution < 1.29 is 13.2 Å². The number of nitrogens with zero attached hydrogens (tertiary/aromatic N) is 2. The lowest BCUT2D eigenvalue weighted by atomic mass is 10.2. The van der Waals surface area contributed by atoms with Gasteiger partial charge >= 0.3 is 0 Å². The molecule has 3 aromatic carbocycles. The van der Waals surface area contributed by atoms with Crippen molar-refractivity contribution in [3.63, 3.8) is 0 Å². The molecule has 0 aliphatic carbocycles. The number of rotatable bonds is 8. The smallest absolute Gasteiger partial charge is 0.265 e. The minimum absolute atomic E-state index is 0.0376. The third kappa shape index (κ3) is 6.00. The predicted octanol–water partition coefficient (Wildman–Crippen LogP) is 6.04. The molecule has 4 aromatic rings. The van der Waals surface area contributed by atoms with E-state index in [1.807, 2.05) is 43.3 Å². The largest absolute Gasteiger partial charge is 0.495 e. The Hall–Kier alpha value is -3.82. The molecule has 0 saturated heterocycles. The van der Waals surface area contributed by atoms with Gasteiger partial charge in [0.15, 0.2) is 0 Å². The number of benzene rings is 3. The molecule has 180 valence electrons. The van der Waals surface area contributed by atoms with Gasteiger partial charge in [0.1, 0.15) is 16.5 Å². The minimum Gasteiger partial charge on any atom is -0.495 e. The number of aromatic nitrogens is 2. The van der Waals surface area contributed by atoms with Crippen molar-refractivity contribution >= 4 is 50.5 Å². The van der Waals surface area contributed by atoms with E-state index in [2.05, 4.69) is 25.3 Å². The maximum Gasteiger partial charge on any atom is 0.265 e. The van der Waals surface area contributed by atoms with Crippen LogP contribution in [0, 0.1) is 13.8 Å². The molecule has 0 unspecified atom stereocenters. The van der Waals surface area contributed by atoms with Crippen LogP contribution in [0.1, 0.15) is 11.3 Å². The fourth-order valence-corrected chi connectivity index (χ4v) is 4.79. The molecule has 1 heterocycles. The van der Waals surface area contributed by atoms with Crippen LogP contribution in [0.25, 0.3) is 0 Å². The summed E-state index contributed by atoms with van der Waals surface area (Å²) in [5, 5.41) is 6.74. The summed E-state index contributed by atoms with van der Waals surface area (Å²) < 4.78 is 33.7. The molecule has 1 aromatic heterocycles. The quantitative estimate of drug-likeness (QED) is 0.266. The molecule has 0 spiro atoms. The van der Waals surface area contributed by atoms with Crippen molar-refractivity contribution in [2.24, 2.45) is 0 Å². The van der Waals surface area contributed by atoms with Crippen molar-refractivity contribution in [3.8, 4) is 5.75 Å². The number of hydrogen-bond acceptors (Lipinski definition) is 7. The molecule has 0 atom stereocenters. The van der Waals surface area contributed by atoms with E-state index in [-0.39, 0.29) is 10.6 Å². The van der Waals surface area contributed by atoms with Gasteiger partial charge in [-0.1, -0.05) is 29.8 Å². The Morgan fingerprint density at radius 1 is 0.829 bits per heavy atom. The first-order valence-corrected chi connectivity index (χ1v) is 12.5. The summed E-state index contributed by atoms with van der Waals surface area (Å²) in [6.07, 6.45) is 0. The average Bonchev–Trinajstić information content (AvgIpc) is 2.82. The molecule has 0 aliphatic rings. The van der Waals surface area contributed by atoms with Gasteiger partial charge < -0.3 is 15.4 Å². The van der Waals surface area contributed by atoms with Crippen molar-refractivity contribution in [3.05, 3.63) is 89.1 Å². The lowest BCUT2D eigenvalue weighted by molar-refractivity contribution is 0.402. The molecule has 35 heavy (non-hydrogen) atoms. The topological polar surface area (TPSA) is 105 Å². The SMILES string of the molecule is COc1cc(C)c(Cl)cc1S(=O)(=O)Nc1ccc(Nc2nc(C)cc(Nc3ccccc3)n2)cc1. The number of anilines is 5. The second kappa shape index (κ2) is 10.2. The van der Waals surface area contributed by atoms with Gasteiger partial charge in [-0.15, -0.1) is 0 Å².